The summed E-state index contributed by atoms with van der Waals surface area (Å²) in [6.07, 6.45) is 1.86. The molecule has 0 aliphatic rings. The third-order valence-electron chi connectivity index (χ3n) is 0.837. The molecule has 0 bridgehead atoms. The second kappa shape index (κ2) is 4.29. The average molecular weight is 172 g/mol. The van der Waals surface area contributed by atoms with Gasteiger partial charge in [-0.25, -0.2) is 5.09 Å². The van der Waals surface area contributed by atoms with Gasteiger partial charge in [-0.15, -0.1) is 0 Å². The van der Waals surface area contributed by atoms with Crippen molar-refractivity contribution in [1.29, 1.82) is 0 Å². The molecule has 0 fully saturated rings. The van der Waals surface area contributed by atoms with E-state index in [1.54, 1.807) is 0 Å². The molecule has 0 aromatic carbocycles. The Labute approximate surface area is 59.7 Å². The summed E-state index contributed by atoms with van der Waals surface area (Å²) in [6, 6.07) is 0. The average Bonchev–Trinajstić information content (AvgIpc) is 1.63. The van der Waals surface area contributed by atoms with Crippen LogP contribution in [0.5, 0.6) is 0 Å². The summed E-state index contributed by atoms with van der Waals surface area (Å²) in [7, 11) is 0. The van der Waals surface area contributed by atoms with Crippen LogP contribution in [0.2, 0.25) is 0 Å². The summed E-state index contributed by atoms with van der Waals surface area (Å²) < 4.78 is 10.3. The predicted molar refractivity (Wildman–Crippen MR) is 38.6 cm³/mol. The Balaban J connectivity index is 3.18. The van der Waals surface area contributed by atoms with E-state index in [2.05, 4.69) is 5.09 Å². The monoisotopic (exact) mass is 171 g/mol. The van der Waals surface area contributed by atoms with Crippen LogP contribution in [-0.2, 0) is 4.57 Å². The fraction of sp³-hybridized carbons (Fsp3) is 1.00. The molecule has 0 aliphatic heterocycles. The quantitative estimate of drug-likeness (QED) is 0.500. The minimum atomic E-state index is -3.47. The second-order valence-electron chi connectivity index (χ2n) is 1.76. The van der Waals surface area contributed by atoms with Crippen LogP contribution in [-0.4, -0.2) is 11.4 Å². The molecule has 0 aromatic rings. The first-order valence-corrected chi connectivity index (χ1v) is 5.40. The molecule has 3 nitrogen and oxygen atoms in total. The van der Waals surface area contributed by atoms with Gasteiger partial charge in [-0.2, -0.15) is 0 Å². The van der Waals surface area contributed by atoms with Gasteiger partial charge in [-0.1, -0.05) is 13.3 Å². The van der Waals surface area contributed by atoms with E-state index in [0.717, 1.165) is 12.8 Å². The summed E-state index contributed by atoms with van der Waals surface area (Å²) in [4.78, 5) is 8.45. The predicted octanol–water partition coefficient (Wildman–Crippen LogP) is 1.72. The maximum absolute atomic E-state index is 10.3. The molecular weight excluding hydrogens is 160 g/mol. The van der Waals surface area contributed by atoms with Gasteiger partial charge in [0.05, 0.1) is 0 Å². The summed E-state index contributed by atoms with van der Waals surface area (Å²) in [6.45, 7) is -0.967. The maximum atomic E-state index is 10.3. The Morgan fingerprint density at radius 1 is 1.78 bits per heavy atom. The molecule has 9 heavy (non-hydrogen) atoms. The lowest BCUT2D eigenvalue weighted by atomic mass is 10.3. The lowest BCUT2D eigenvalue weighted by molar-refractivity contribution is 0.480. The van der Waals surface area contributed by atoms with E-state index in [9.17, 15) is 4.57 Å². The highest BCUT2D eigenvalue weighted by Gasteiger charge is 2.09. The topological polar surface area (TPSA) is 49.3 Å². The highest BCUT2D eigenvalue weighted by Crippen LogP contribution is 2.40. The molecule has 56 valence electrons. The zero-order valence-corrected chi connectivity index (χ0v) is 6.95. The molecule has 1 unspecified atom stereocenters. The molecule has 2 N–H and O–H groups in total. The standard InChI is InChI=1S/C4H11ClNO2P/c1-2-3-4-6-9(5,7)8/h2-4H2,1H3,(H2,6,7,8). The van der Waals surface area contributed by atoms with Crippen LogP contribution < -0.4 is 5.09 Å². The number of nitrogens with one attached hydrogen (secondary N) is 1. The number of hydrogen-bond donors (Lipinski definition) is 2. The first-order valence-electron chi connectivity index (χ1n) is 2.84. The highest BCUT2D eigenvalue weighted by atomic mass is 35.7. The minimum Gasteiger partial charge on any atom is -0.322 e. The van der Waals surface area contributed by atoms with Crippen molar-refractivity contribution in [2.24, 2.45) is 0 Å². The lowest BCUT2D eigenvalue weighted by Crippen LogP contribution is -2.07. The van der Waals surface area contributed by atoms with Crippen LogP contribution in [0.1, 0.15) is 19.8 Å². The van der Waals surface area contributed by atoms with Crippen LogP contribution in [0.15, 0.2) is 0 Å². The van der Waals surface area contributed by atoms with Gasteiger partial charge in [-0.05, 0) is 17.7 Å². The van der Waals surface area contributed by atoms with E-state index < -0.39 is 6.87 Å². The molecule has 0 saturated carbocycles. The molecule has 0 aliphatic carbocycles. The third-order valence-corrected chi connectivity index (χ3v) is 1.81. The molecule has 0 heterocycles. The van der Waals surface area contributed by atoms with Crippen molar-refractivity contribution in [1.82, 2.24) is 5.09 Å². The van der Waals surface area contributed by atoms with Crippen molar-refractivity contribution in [3.8, 4) is 0 Å². The molecule has 0 spiro atoms. The SMILES string of the molecule is CCCCNP(=O)(O)Cl. The normalized spacial score (nSPS) is 17.2. The van der Waals surface area contributed by atoms with Crippen molar-refractivity contribution < 1.29 is 9.46 Å². The fourth-order valence-electron chi connectivity index (χ4n) is 0.394. The maximum Gasteiger partial charge on any atom is 0.357 e. The highest BCUT2D eigenvalue weighted by molar-refractivity contribution is 7.82. The van der Waals surface area contributed by atoms with Gasteiger partial charge >= 0.3 is 6.87 Å². The molecular formula is C4H11ClNO2P. The van der Waals surface area contributed by atoms with E-state index >= 15 is 0 Å². The smallest absolute Gasteiger partial charge is 0.322 e. The minimum absolute atomic E-state index is 0.508. The molecule has 0 rings (SSSR count). The zero-order valence-electron chi connectivity index (χ0n) is 5.30. The van der Waals surface area contributed by atoms with E-state index in [0.29, 0.717) is 6.54 Å². The Kier molecular flexibility index (Phi) is 4.50. The number of halogens is 1. The van der Waals surface area contributed by atoms with Crippen molar-refractivity contribution >= 4 is 18.1 Å². The molecule has 0 radical (unpaired) electrons. The molecule has 0 aromatic heterocycles. The van der Waals surface area contributed by atoms with Gasteiger partial charge in [0.1, 0.15) is 0 Å². The second-order valence-corrected chi connectivity index (χ2v) is 4.46. The number of unbranched alkanes of at least 4 members (excludes halogenated alkanes) is 1. The third kappa shape index (κ3) is 8.44. The van der Waals surface area contributed by atoms with Gasteiger partial charge in [0, 0.05) is 6.54 Å². The number of rotatable bonds is 4. The first kappa shape index (κ1) is 9.44. The Morgan fingerprint density at radius 2 is 2.33 bits per heavy atom. The zero-order chi connectivity index (χ0) is 7.33. The van der Waals surface area contributed by atoms with Gasteiger partial charge in [0.15, 0.2) is 0 Å². The molecule has 1 atom stereocenters. The summed E-state index contributed by atoms with van der Waals surface area (Å²) in [5.74, 6) is 0. The molecule has 0 amide bonds. The van der Waals surface area contributed by atoms with Crippen molar-refractivity contribution in [3.63, 3.8) is 0 Å². The van der Waals surface area contributed by atoms with Crippen LogP contribution in [0.25, 0.3) is 0 Å². The Bertz CT molecular complexity index is 113. The van der Waals surface area contributed by atoms with Crippen molar-refractivity contribution in [2.45, 2.75) is 19.8 Å². The van der Waals surface area contributed by atoms with Gasteiger partial charge in [-0.3, -0.25) is 4.57 Å². The van der Waals surface area contributed by atoms with Gasteiger partial charge in [0.25, 0.3) is 0 Å². The van der Waals surface area contributed by atoms with Gasteiger partial charge < -0.3 is 4.89 Å². The lowest BCUT2D eigenvalue weighted by Gasteiger charge is -2.02. The Morgan fingerprint density at radius 3 is 2.67 bits per heavy atom. The van der Waals surface area contributed by atoms with Crippen molar-refractivity contribution in [2.75, 3.05) is 6.54 Å². The summed E-state index contributed by atoms with van der Waals surface area (Å²) >= 11 is 4.97. The first-order chi connectivity index (χ1) is 4.06. The van der Waals surface area contributed by atoms with Crippen molar-refractivity contribution in [3.05, 3.63) is 0 Å². The van der Waals surface area contributed by atoms with E-state index in [1.807, 2.05) is 6.92 Å². The van der Waals surface area contributed by atoms with Crippen LogP contribution in [0.3, 0.4) is 0 Å². The van der Waals surface area contributed by atoms with E-state index in [4.69, 9.17) is 16.1 Å². The fourth-order valence-corrected chi connectivity index (χ4v) is 1.08. The van der Waals surface area contributed by atoms with Crippen LogP contribution in [0.4, 0.5) is 0 Å². The Hall–Kier alpha value is 0.440. The molecule has 5 heteroatoms. The van der Waals surface area contributed by atoms with Crippen LogP contribution in [0, 0.1) is 0 Å². The summed E-state index contributed by atoms with van der Waals surface area (Å²) in [5, 5.41) is 2.30. The van der Waals surface area contributed by atoms with E-state index in [1.165, 1.54) is 0 Å². The van der Waals surface area contributed by atoms with Gasteiger partial charge in [0.2, 0.25) is 0 Å². The largest absolute Gasteiger partial charge is 0.357 e. The summed E-state index contributed by atoms with van der Waals surface area (Å²) in [5.41, 5.74) is 0. The molecule has 0 saturated heterocycles. The van der Waals surface area contributed by atoms with Crippen LogP contribution >= 0.6 is 18.1 Å². The van der Waals surface area contributed by atoms with E-state index in [-0.39, 0.29) is 0 Å². The number of hydrogen-bond acceptors (Lipinski definition) is 1.